The number of ether oxygens (including phenoxy) is 1. The second-order valence-corrected chi connectivity index (χ2v) is 5.39. The van der Waals surface area contributed by atoms with Gasteiger partial charge in [-0.05, 0) is 44.7 Å². The van der Waals surface area contributed by atoms with Gasteiger partial charge in [0.15, 0.2) is 0 Å². The molecule has 2 fully saturated rings. The van der Waals surface area contributed by atoms with Crippen LogP contribution in [0.4, 0.5) is 4.39 Å². The SMILES string of the molecule is CF.COCC1(CN2CCC(C)CC2)CC1. The van der Waals surface area contributed by atoms with E-state index in [1.165, 1.54) is 45.3 Å². The van der Waals surface area contributed by atoms with Crippen molar-refractivity contribution in [2.45, 2.75) is 32.6 Å². The summed E-state index contributed by atoms with van der Waals surface area (Å²) in [5.41, 5.74) is 0.551. The Labute approximate surface area is 99.2 Å². The number of halogens is 1. The van der Waals surface area contributed by atoms with Crippen LogP contribution >= 0.6 is 0 Å². The summed E-state index contributed by atoms with van der Waals surface area (Å²) in [5, 5.41) is 0. The maximum atomic E-state index is 9.50. The van der Waals surface area contributed by atoms with E-state index in [0.29, 0.717) is 12.6 Å². The molecule has 0 amide bonds. The van der Waals surface area contributed by atoms with Gasteiger partial charge in [0.1, 0.15) is 0 Å². The highest BCUT2D eigenvalue weighted by Gasteiger charge is 2.44. The molecule has 2 aliphatic rings. The predicted octanol–water partition coefficient (Wildman–Crippen LogP) is 2.73. The fourth-order valence-electron chi connectivity index (χ4n) is 2.53. The highest BCUT2D eigenvalue weighted by atomic mass is 19.1. The van der Waals surface area contributed by atoms with E-state index in [1.54, 1.807) is 0 Å². The van der Waals surface area contributed by atoms with Crippen molar-refractivity contribution in [2.24, 2.45) is 11.3 Å². The molecule has 1 heterocycles. The highest BCUT2D eigenvalue weighted by Crippen LogP contribution is 2.46. The Kier molecular flexibility index (Phi) is 5.70. The number of likely N-dealkylation sites (tertiary alicyclic amines) is 1. The lowest BCUT2D eigenvalue weighted by molar-refractivity contribution is 0.0927. The zero-order valence-electron chi connectivity index (χ0n) is 11.0. The van der Waals surface area contributed by atoms with Crippen LogP contribution < -0.4 is 0 Å². The molecule has 16 heavy (non-hydrogen) atoms. The van der Waals surface area contributed by atoms with Gasteiger partial charge in [-0.1, -0.05) is 6.92 Å². The van der Waals surface area contributed by atoms with Gasteiger partial charge in [-0.2, -0.15) is 0 Å². The van der Waals surface area contributed by atoms with Crippen molar-refractivity contribution < 1.29 is 9.13 Å². The molecule has 1 saturated heterocycles. The fourth-order valence-corrected chi connectivity index (χ4v) is 2.53. The molecule has 2 rings (SSSR count). The second-order valence-electron chi connectivity index (χ2n) is 5.39. The maximum absolute atomic E-state index is 9.50. The number of rotatable bonds is 4. The van der Waals surface area contributed by atoms with Gasteiger partial charge in [0.25, 0.3) is 0 Å². The van der Waals surface area contributed by atoms with Crippen molar-refractivity contribution in [3.63, 3.8) is 0 Å². The number of hydrogen-bond donors (Lipinski definition) is 0. The molecule has 0 radical (unpaired) electrons. The zero-order chi connectivity index (χ0) is 12.0. The molecule has 1 saturated carbocycles. The quantitative estimate of drug-likeness (QED) is 0.737. The summed E-state index contributed by atoms with van der Waals surface area (Å²) in [4.78, 5) is 2.64. The number of alkyl halides is 1. The third kappa shape index (κ3) is 4.02. The summed E-state index contributed by atoms with van der Waals surface area (Å²) in [6.45, 7) is 7.26. The van der Waals surface area contributed by atoms with Crippen LogP contribution in [0, 0.1) is 11.3 Å². The van der Waals surface area contributed by atoms with E-state index in [4.69, 9.17) is 4.74 Å². The third-order valence-electron chi connectivity index (χ3n) is 3.84. The molecule has 0 N–H and O–H groups in total. The smallest absolute Gasteiger partial charge is 0.0785 e. The second kappa shape index (κ2) is 6.55. The molecule has 3 heteroatoms. The van der Waals surface area contributed by atoms with E-state index in [2.05, 4.69) is 11.8 Å². The first-order chi connectivity index (χ1) is 7.74. The minimum atomic E-state index is 0.500. The molecular formula is C13H26FNO. The Morgan fingerprint density at radius 2 is 1.81 bits per heavy atom. The van der Waals surface area contributed by atoms with E-state index in [-0.39, 0.29) is 0 Å². The normalized spacial score (nSPS) is 24.8. The van der Waals surface area contributed by atoms with Crippen LogP contribution in [0.5, 0.6) is 0 Å². The molecule has 0 aromatic rings. The summed E-state index contributed by atoms with van der Waals surface area (Å²) in [5.74, 6) is 0.948. The monoisotopic (exact) mass is 231 g/mol. The first-order valence-corrected chi connectivity index (χ1v) is 6.33. The van der Waals surface area contributed by atoms with E-state index in [9.17, 15) is 4.39 Å². The van der Waals surface area contributed by atoms with Gasteiger partial charge in [-0.3, -0.25) is 4.39 Å². The van der Waals surface area contributed by atoms with E-state index in [0.717, 1.165) is 12.5 Å². The van der Waals surface area contributed by atoms with Gasteiger partial charge < -0.3 is 9.64 Å². The summed E-state index contributed by atoms with van der Waals surface area (Å²) in [6.07, 6.45) is 5.55. The van der Waals surface area contributed by atoms with E-state index < -0.39 is 0 Å². The Morgan fingerprint density at radius 3 is 2.25 bits per heavy atom. The van der Waals surface area contributed by atoms with Crippen LogP contribution in [0.1, 0.15) is 32.6 Å². The van der Waals surface area contributed by atoms with Crippen LogP contribution in [-0.2, 0) is 4.74 Å². The van der Waals surface area contributed by atoms with Gasteiger partial charge in [-0.15, -0.1) is 0 Å². The van der Waals surface area contributed by atoms with Crippen LogP contribution in [0.2, 0.25) is 0 Å². The predicted molar refractivity (Wildman–Crippen MR) is 65.4 cm³/mol. The van der Waals surface area contributed by atoms with Crippen LogP contribution in [0.3, 0.4) is 0 Å². The molecule has 0 spiro atoms. The highest BCUT2D eigenvalue weighted by molar-refractivity contribution is 4.96. The molecule has 0 atom stereocenters. The maximum Gasteiger partial charge on any atom is 0.0785 e. The summed E-state index contributed by atoms with van der Waals surface area (Å²) >= 11 is 0. The average molecular weight is 231 g/mol. The molecule has 0 unspecified atom stereocenters. The lowest BCUT2D eigenvalue weighted by atomic mass is 9.97. The number of piperidine rings is 1. The average Bonchev–Trinajstić information content (AvgIpc) is 3.05. The number of nitrogens with zero attached hydrogens (tertiary/aromatic N) is 1. The lowest BCUT2D eigenvalue weighted by Crippen LogP contribution is -2.38. The Balaban J connectivity index is 0.000000606. The largest absolute Gasteiger partial charge is 0.384 e. The van der Waals surface area contributed by atoms with Crippen LogP contribution in [0.15, 0.2) is 0 Å². The van der Waals surface area contributed by atoms with Crippen LogP contribution in [-0.4, -0.2) is 45.4 Å². The third-order valence-corrected chi connectivity index (χ3v) is 3.84. The van der Waals surface area contributed by atoms with Gasteiger partial charge >= 0.3 is 0 Å². The van der Waals surface area contributed by atoms with Gasteiger partial charge in [0, 0.05) is 19.1 Å². The van der Waals surface area contributed by atoms with Gasteiger partial charge in [0.05, 0.1) is 13.8 Å². The van der Waals surface area contributed by atoms with Crippen molar-refractivity contribution >= 4 is 0 Å². The fraction of sp³-hybridized carbons (Fsp3) is 1.00. The van der Waals surface area contributed by atoms with Crippen molar-refractivity contribution in [1.29, 1.82) is 0 Å². The molecule has 1 aliphatic carbocycles. The molecule has 2 nitrogen and oxygen atoms in total. The topological polar surface area (TPSA) is 12.5 Å². The molecule has 0 aromatic carbocycles. The first-order valence-electron chi connectivity index (χ1n) is 6.33. The van der Waals surface area contributed by atoms with Crippen molar-refractivity contribution in [2.75, 3.05) is 40.5 Å². The van der Waals surface area contributed by atoms with Crippen molar-refractivity contribution in [3.8, 4) is 0 Å². The number of hydrogen-bond acceptors (Lipinski definition) is 2. The molecule has 1 aliphatic heterocycles. The van der Waals surface area contributed by atoms with E-state index in [1.807, 2.05) is 7.11 Å². The Morgan fingerprint density at radius 1 is 1.25 bits per heavy atom. The lowest BCUT2D eigenvalue weighted by Gasteiger charge is -2.33. The molecule has 0 bridgehead atoms. The number of methoxy groups -OCH3 is 1. The van der Waals surface area contributed by atoms with Crippen molar-refractivity contribution in [1.82, 2.24) is 4.90 Å². The molecule has 96 valence electrons. The molecule has 0 aromatic heterocycles. The minimum Gasteiger partial charge on any atom is -0.384 e. The van der Waals surface area contributed by atoms with Crippen molar-refractivity contribution in [3.05, 3.63) is 0 Å². The summed E-state index contributed by atoms with van der Waals surface area (Å²) in [7, 11) is 2.33. The molecular weight excluding hydrogens is 205 g/mol. The van der Waals surface area contributed by atoms with Gasteiger partial charge in [-0.25, -0.2) is 0 Å². The van der Waals surface area contributed by atoms with Crippen LogP contribution in [0.25, 0.3) is 0 Å². The minimum absolute atomic E-state index is 0.500. The summed E-state index contributed by atoms with van der Waals surface area (Å²) < 4.78 is 14.8. The summed E-state index contributed by atoms with van der Waals surface area (Å²) in [6, 6.07) is 0. The van der Waals surface area contributed by atoms with E-state index >= 15 is 0 Å². The Hall–Kier alpha value is -0.150. The standard InChI is InChI=1S/C12H23NO.CH3F/c1-11-3-7-13(8-4-11)9-12(5-6-12)10-14-2;1-2/h11H,3-10H2,1-2H3;1H3. The zero-order valence-corrected chi connectivity index (χ0v) is 11.0. The first kappa shape index (κ1) is 13.9. The van der Waals surface area contributed by atoms with Gasteiger partial charge in [0.2, 0.25) is 0 Å². The Bertz CT molecular complexity index is 186.